The van der Waals surface area contributed by atoms with Gasteiger partial charge >= 0.3 is 0 Å². The molecule has 3 N–H and O–H groups in total. The van der Waals surface area contributed by atoms with Gasteiger partial charge in [0.25, 0.3) is 0 Å². The van der Waals surface area contributed by atoms with Crippen LogP contribution in [0.2, 0.25) is 0 Å². The van der Waals surface area contributed by atoms with Gasteiger partial charge in [0.15, 0.2) is 11.0 Å². The van der Waals surface area contributed by atoms with Crippen molar-refractivity contribution in [2.24, 2.45) is 0 Å². The summed E-state index contributed by atoms with van der Waals surface area (Å²) in [5.41, 5.74) is 8.19. The van der Waals surface area contributed by atoms with E-state index >= 15 is 0 Å². The van der Waals surface area contributed by atoms with E-state index in [2.05, 4.69) is 65.3 Å². The molecule has 24 heavy (non-hydrogen) atoms. The molecule has 0 fully saturated rings. The molecule has 1 heterocycles. The molecule has 6 heteroatoms. The molecular weight excluding hydrogens is 318 g/mol. The van der Waals surface area contributed by atoms with Gasteiger partial charge in [-0.15, -0.1) is 0 Å². The number of nitrogens with two attached hydrogens (primary N) is 1. The Labute approximate surface area is 148 Å². The first-order valence-electron chi connectivity index (χ1n) is 8.55. The Morgan fingerprint density at radius 1 is 1.08 bits per heavy atom. The summed E-state index contributed by atoms with van der Waals surface area (Å²) in [4.78, 5) is 12.9. The lowest BCUT2D eigenvalue weighted by atomic mass is 10.0. The first kappa shape index (κ1) is 18.5. The fourth-order valence-corrected chi connectivity index (χ4v) is 3.10. The molecular formula is C18H27N5S. The van der Waals surface area contributed by atoms with Gasteiger partial charge in [0.05, 0.1) is 6.54 Å². The van der Waals surface area contributed by atoms with E-state index in [1.807, 2.05) is 0 Å². The molecule has 0 radical (unpaired) electrons. The van der Waals surface area contributed by atoms with Crippen LogP contribution in [0.3, 0.4) is 0 Å². The average Bonchev–Trinajstić information content (AvgIpc) is 2.57. The molecule has 0 amide bonds. The maximum absolute atomic E-state index is 5.81. The zero-order valence-electron chi connectivity index (χ0n) is 14.7. The SMILES string of the molecule is CCCCCSc1nc(N)nc(CNc2ccc(C(C)C)cc2)n1. The first-order valence-corrected chi connectivity index (χ1v) is 9.54. The van der Waals surface area contributed by atoms with Gasteiger partial charge in [0.2, 0.25) is 5.95 Å². The molecule has 1 aromatic carbocycles. The number of unbranched alkanes of at least 4 members (excludes halogenated alkanes) is 2. The van der Waals surface area contributed by atoms with Gasteiger partial charge in [-0.2, -0.15) is 9.97 Å². The molecule has 0 saturated carbocycles. The van der Waals surface area contributed by atoms with E-state index in [9.17, 15) is 0 Å². The lowest BCUT2D eigenvalue weighted by Gasteiger charge is -2.09. The molecule has 2 rings (SSSR count). The molecule has 0 unspecified atom stereocenters. The van der Waals surface area contributed by atoms with Crippen molar-refractivity contribution in [2.45, 2.75) is 57.7 Å². The molecule has 0 aliphatic rings. The van der Waals surface area contributed by atoms with Gasteiger partial charge in [0, 0.05) is 11.4 Å². The number of hydrogen-bond acceptors (Lipinski definition) is 6. The van der Waals surface area contributed by atoms with Crippen LogP contribution >= 0.6 is 11.8 Å². The highest BCUT2D eigenvalue weighted by atomic mass is 32.2. The summed E-state index contributed by atoms with van der Waals surface area (Å²) < 4.78 is 0. The van der Waals surface area contributed by atoms with Gasteiger partial charge in [-0.1, -0.05) is 57.5 Å². The monoisotopic (exact) mass is 345 g/mol. The van der Waals surface area contributed by atoms with Crippen molar-refractivity contribution in [1.29, 1.82) is 0 Å². The molecule has 0 spiro atoms. The quantitative estimate of drug-likeness (QED) is 0.516. The zero-order chi connectivity index (χ0) is 17.4. The first-order chi connectivity index (χ1) is 11.6. The average molecular weight is 346 g/mol. The summed E-state index contributed by atoms with van der Waals surface area (Å²) in [5, 5.41) is 4.05. The van der Waals surface area contributed by atoms with Crippen molar-refractivity contribution < 1.29 is 0 Å². The summed E-state index contributed by atoms with van der Waals surface area (Å²) in [5.74, 6) is 2.51. The van der Waals surface area contributed by atoms with E-state index in [-0.39, 0.29) is 5.95 Å². The lowest BCUT2D eigenvalue weighted by Crippen LogP contribution is -2.09. The molecule has 0 atom stereocenters. The highest BCUT2D eigenvalue weighted by molar-refractivity contribution is 7.99. The van der Waals surface area contributed by atoms with Gasteiger partial charge in [0.1, 0.15) is 0 Å². The van der Waals surface area contributed by atoms with Crippen LogP contribution in [0, 0.1) is 0 Å². The minimum absolute atomic E-state index is 0.287. The number of thioether (sulfide) groups is 1. The molecule has 5 nitrogen and oxygen atoms in total. The third kappa shape index (κ3) is 6.00. The minimum atomic E-state index is 0.287. The predicted molar refractivity (Wildman–Crippen MR) is 102 cm³/mol. The van der Waals surface area contributed by atoms with Gasteiger partial charge < -0.3 is 11.1 Å². The maximum atomic E-state index is 5.81. The Kier molecular flexibility index (Phi) is 7.31. The predicted octanol–water partition coefficient (Wildman–Crippen LogP) is 4.47. The summed E-state index contributed by atoms with van der Waals surface area (Å²) in [7, 11) is 0. The lowest BCUT2D eigenvalue weighted by molar-refractivity contribution is 0.774. The van der Waals surface area contributed by atoms with Crippen LogP contribution in [0.4, 0.5) is 11.6 Å². The van der Waals surface area contributed by atoms with E-state index in [1.54, 1.807) is 11.8 Å². The van der Waals surface area contributed by atoms with Crippen LogP contribution in [-0.2, 0) is 6.54 Å². The number of nitrogen functional groups attached to an aromatic ring is 1. The molecule has 2 aromatic rings. The van der Waals surface area contributed by atoms with Crippen molar-refractivity contribution in [1.82, 2.24) is 15.0 Å². The Bertz CT molecular complexity index is 628. The molecule has 1 aromatic heterocycles. The zero-order valence-corrected chi connectivity index (χ0v) is 15.6. The van der Waals surface area contributed by atoms with Crippen LogP contribution in [0.25, 0.3) is 0 Å². The Hall–Kier alpha value is -1.82. The Balaban J connectivity index is 1.92. The van der Waals surface area contributed by atoms with Gasteiger partial charge in [-0.05, 0) is 30.0 Å². The largest absolute Gasteiger partial charge is 0.378 e. The van der Waals surface area contributed by atoms with Gasteiger partial charge in [-0.3, -0.25) is 0 Å². The highest BCUT2D eigenvalue weighted by Crippen LogP contribution is 2.18. The second-order valence-electron chi connectivity index (χ2n) is 6.08. The van der Waals surface area contributed by atoms with E-state index < -0.39 is 0 Å². The number of rotatable bonds is 9. The minimum Gasteiger partial charge on any atom is -0.378 e. The van der Waals surface area contributed by atoms with Crippen molar-refractivity contribution in [3.05, 3.63) is 35.7 Å². The molecule has 0 aliphatic heterocycles. The molecule has 0 aliphatic carbocycles. The summed E-state index contributed by atoms with van der Waals surface area (Å²) in [6.07, 6.45) is 3.61. The van der Waals surface area contributed by atoms with E-state index in [0.29, 0.717) is 23.4 Å². The van der Waals surface area contributed by atoms with E-state index in [0.717, 1.165) is 11.4 Å². The van der Waals surface area contributed by atoms with Crippen LogP contribution in [0.5, 0.6) is 0 Å². The standard InChI is InChI=1S/C18H27N5S/c1-4-5-6-11-24-18-22-16(21-17(19)23-18)12-20-15-9-7-14(8-10-15)13(2)3/h7-10,13,20H,4-6,11-12H2,1-3H3,(H2,19,21,22,23). The van der Waals surface area contributed by atoms with Gasteiger partial charge in [-0.25, -0.2) is 4.98 Å². The number of nitrogens with one attached hydrogen (secondary N) is 1. The third-order valence-corrected chi connectivity index (χ3v) is 4.62. The van der Waals surface area contributed by atoms with Crippen LogP contribution in [-0.4, -0.2) is 20.7 Å². The number of hydrogen-bond donors (Lipinski definition) is 2. The van der Waals surface area contributed by atoms with Crippen molar-refractivity contribution in [2.75, 3.05) is 16.8 Å². The molecule has 130 valence electrons. The van der Waals surface area contributed by atoms with Crippen LogP contribution < -0.4 is 11.1 Å². The number of anilines is 2. The Morgan fingerprint density at radius 2 is 1.83 bits per heavy atom. The van der Waals surface area contributed by atoms with Crippen LogP contribution in [0.1, 0.15) is 57.3 Å². The van der Waals surface area contributed by atoms with Crippen molar-refractivity contribution in [3.63, 3.8) is 0 Å². The number of benzene rings is 1. The second kappa shape index (κ2) is 9.47. The third-order valence-electron chi connectivity index (χ3n) is 3.69. The normalized spacial score (nSPS) is 11.0. The van der Waals surface area contributed by atoms with Crippen molar-refractivity contribution >= 4 is 23.4 Å². The van der Waals surface area contributed by atoms with Crippen molar-refractivity contribution in [3.8, 4) is 0 Å². The smallest absolute Gasteiger partial charge is 0.224 e. The topological polar surface area (TPSA) is 76.7 Å². The molecule has 0 saturated heterocycles. The Morgan fingerprint density at radius 3 is 2.50 bits per heavy atom. The molecule has 0 bridgehead atoms. The van der Waals surface area contributed by atoms with Crippen LogP contribution in [0.15, 0.2) is 29.4 Å². The number of nitrogens with zero attached hydrogens (tertiary/aromatic N) is 3. The van der Waals surface area contributed by atoms with E-state index in [1.165, 1.54) is 24.8 Å². The fourth-order valence-electron chi connectivity index (χ4n) is 2.24. The maximum Gasteiger partial charge on any atom is 0.224 e. The summed E-state index contributed by atoms with van der Waals surface area (Å²) in [6.45, 7) is 7.12. The van der Waals surface area contributed by atoms with E-state index in [4.69, 9.17) is 5.73 Å². The summed E-state index contributed by atoms with van der Waals surface area (Å²) in [6, 6.07) is 8.45. The summed E-state index contributed by atoms with van der Waals surface area (Å²) >= 11 is 1.65. The fraction of sp³-hybridized carbons (Fsp3) is 0.500. The number of aromatic nitrogens is 3. The highest BCUT2D eigenvalue weighted by Gasteiger charge is 2.06. The second-order valence-corrected chi connectivity index (χ2v) is 7.14.